The number of carbonyl (C=O) groups is 1. The fourth-order valence-corrected chi connectivity index (χ4v) is 2.49. The van der Waals surface area contributed by atoms with Crippen molar-refractivity contribution in [1.82, 2.24) is 0 Å². The second-order valence-corrected chi connectivity index (χ2v) is 5.59. The van der Waals surface area contributed by atoms with Gasteiger partial charge in [0.15, 0.2) is 0 Å². The van der Waals surface area contributed by atoms with Crippen LogP contribution in [0.25, 0.3) is 5.57 Å². The van der Waals surface area contributed by atoms with Crippen LogP contribution in [0.3, 0.4) is 0 Å². The number of nitrogens with one attached hydrogen (secondary N) is 1. The van der Waals surface area contributed by atoms with Gasteiger partial charge in [0.25, 0.3) is 0 Å². The molecule has 2 aromatic carbocycles. The number of anilines is 1. The van der Waals surface area contributed by atoms with Crippen LogP contribution in [0.5, 0.6) is 17.2 Å². The van der Waals surface area contributed by atoms with Crippen molar-refractivity contribution in [3.63, 3.8) is 0 Å². The summed E-state index contributed by atoms with van der Waals surface area (Å²) in [5.41, 5.74) is 3.28. The largest absolute Gasteiger partial charge is 0.497 e. The average molecular weight is 341 g/mol. The van der Waals surface area contributed by atoms with Crippen LogP contribution < -0.4 is 19.5 Å². The molecule has 0 heterocycles. The van der Waals surface area contributed by atoms with E-state index >= 15 is 0 Å². The van der Waals surface area contributed by atoms with E-state index in [0.29, 0.717) is 22.9 Å². The second kappa shape index (κ2) is 8.24. The van der Waals surface area contributed by atoms with Crippen LogP contribution in [0.4, 0.5) is 5.69 Å². The Morgan fingerprint density at radius 3 is 2.32 bits per heavy atom. The van der Waals surface area contributed by atoms with E-state index in [9.17, 15) is 4.79 Å². The van der Waals surface area contributed by atoms with Crippen molar-refractivity contribution in [3.05, 3.63) is 53.6 Å². The number of hydrogen-bond acceptors (Lipinski definition) is 4. The topological polar surface area (TPSA) is 56.8 Å². The molecule has 0 saturated carbocycles. The van der Waals surface area contributed by atoms with Gasteiger partial charge in [0.1, 0.15) is 17.2 Å². The maximum Gasteiger partial charge on any atom is 0.248 e. The lowest BCUT2D eigenvalue weighted by Crippen LogP contribution is -2.10. The van der Waals surface area contributed by atoms with Gasteiger partial charge in [0.2, 0.25) is 5.91 Å². The maximum absolute atomic E-state index is 12.4. The number of benzene rings is 2. The molecule has 1 amide bonds. The molecule has 0 aliphatic carbocycles. The third-order valence-corrected chi connectivity index (χ3v) is 3.79. The molecule has 2 rings (SSSR count). The number of ether oxygens (including phenoxy) is 3. The first-order chi connectivity index (χ1) is 12.0. The lowest BCUT2D eigenvalue weighted by atomic mass is 10.1. The monoisotopic (exact) mass is 341 g/mol. The van der Waals surface area contributed by atoms with E-state index in [4.69, 9.17) is 14.2 Å². The molecule has 0 spiro atoms. The number of rotatable bonds is 6. The summed E-state index contributed by atoms with van der Waals surface area (Å²) < 4.78 is 15.9. The predicted molar refractivity (Wildman–Crippen MR) is 99.6 cm³/mol. The molecule has 0 aliphatic rings. The molecular weight excluding hydrogens is 318 g/mol. The van der Waals surface area contributed by atoms with Crippen molar-refractivity contribution in [1.29, 1.82) is 0 Å². The fourth-order valence-electron chi connectivity index (χ4n) is 2.49. The Bertz CT molecular complexity index is 796. The molecule has 0 saturated heterocycles. The van der Waals surface area contributed by atoms with Crippen molar-refractivity contribution in [3.8, 4) is 17.2 Å². The van der Waals surface area contributed by atoms with Crippen LogP contribution in [-0.2, 0) is 4.79 Å². The van der Waals surface area contributed by atoms with Gasteiger partial charge in [-0.1, -0.05) is 6.07 Å². The summed E-state index contributed by atoms with van der Waals surface area (Å²) in [6.07, 6.45) is 1.53. The Labute approximate surface area is 148 Å². The van der Waals surface area contributed by atoms with Gasteiger partial charge in [-0.05, 0) is 49.2 Å². The normalized spacial score (nSPS) is 11.0. The SMILES string of the molecule is COc1ccc(/C(C)=C/C(=O)Nc2cc(C)ccc2OC)c(OC)c1. The van der Waals surface area contributed by atoms with Crippen LogP contribution >= 0.6 is 0 Å². The summed E-state index contributed by atoms with van der Waals surface area (Å²) in [4.78, 5) is 12.4. The fraction of sp³-hybridized carbons (Fsp3) is 0.250. The Hall–Kier alpha value is -2.95. The smallest absolute Gasteiger partial charge is 0.248 e. The third-order valence-electron chi connectivity index (χ3n) is 3.79. The van der Waals surface area contributed by atoms with E-state index in [1.165, 1.54) is 6.08 Å². The summed E-state index contributed by atoms with van der Waals surface area (Å²) in [5, 5.41) is 2.86. The number of carbonyl (C=O) groups excluding carboxylic acids is 1. The summed E-state index contributed by atoms with van der Waals surface area (Å²) >= 11 is 0. The molecule has 0 bridgehead atoms. The zero-order chi connectivity index (χ0) is 18.4. The minimum absolute atomic E-state index is 0.237. The van der Waals surface area contributed by atoms with Crippen LogP contribution in [0.15, 0.2) is 42.5 Å². The van der Waals surface area contributed by atoms with Gasteiger partial charge < -0.3 is 19.5 Å². The number of allylic oxidation sites excluding steroid dienone is 1. The lowest BCUT2D eigenvalue weighted by molar-refractivity contribution is -0.111. The molecule has 0 unspecified atom stereocenters. The number of aryl methyl sites for hydroxylation is 1. The van der Waals surface area contributed by atoms with E-state index in [0.717, 1.165) is 16.7 Å². The van der Waals surface area contributed by atoms with E-state index in [1.807, 2.05) is 44.2 Å². The van der Waals surface area contributed by atoms with Gasteiger partial charge in [0, 0.05) is 17.7 Å². The van der Waals surface area contributed by atoms with E-state index in [1.54, 1.807) is 27.4 Å². The summed E-state index contributed by atoms with van der Waals surface area (Å²) in [6.45, 7) is 3.82. The summed E-state index contributed by atoms with van der Waals surface area (Å²) in [6, 6.07) is 11.1. The molecule has 132 valence electrons. The van der Waals surface area contributed by atoms with Crippen LogP contribution in [0.1, 0.15) is 18.1 Å². The summed E-state index contributed by atoms with van der Waals surface area (Å²) in [5.74, 6) is 1.72. The molecule has 0 radical (unpaired) electrons. The molecule has 2 aromatic rings. The molecule has 5 heteroatoms. The van der Waals surface area contributed by atoms with E-state index in [2.05, 4.69) is 5.32 Å². The van der Waals surface area contributed by atoms with Crippen molar-refractivity contribution in [2.24, 2.45) is 0 Å². The van der Waals surface area contributed by atoms with Crippen molar-refractivity contribution < 1.29 is 19.0 Å². The highest BCUT2D eigenvalue weighted by molar-refractivity contribution is 6.04. The Balaban J connectivity index is 2.25. The van der Waals surface area contributed by atoms with Gasteiger partial charge in [-0.15, -0.1) is 0 Å². The average Bonchev–Trinajstić information content (AvgIpc) is 2.61. The minimum Gasteiger partial charge on any atom is -0.497 e. The lowest BCUT2D eigenvalue weighted by Gasteiger charge is -2.12. The van der Waals surface area contributed by atoms with Crippen LogP contribution in [0, 0.1) is 6.92 Å². The van der Waals surface area contributed by atoms with Gasteiger partial charge >= 0.3 is 0 Å². The molecule has 5 nitrogen and oxygen atoms in total. The van der Waals surface area contributed by atoms with Gasteiger partial charge in [0.05, 0.1) is 27.0 Å². The Kier molecular flexibility index (Phi) is 6.06. The van der Waals surface area contributed by atoms with Crippen LogP contribution in [-0.4, -0.2) is 27.2 Å². The zero-order valence-corrected chi connectivity index (χ0v) is 15.2. The third kappa shape index (κ3) is 4.53. The van der Waals surface area contributed by atoms with Gasteiger partial charge in [-0.3, -0.25) is 4.79 Å². The highest BCUT2D eigenvalue weighted by atomic mass is 16.5. The van der Waals surface area contributed by atoms with Gasteiger partial charge in [-0.25, -0.2) is 0 Å². The quantitative estimate of drug-likeness (QED) is 0.805. The molecule has 0 aromatic heterocycles. The molecule has 0 atom stereocenters. The van der Waals surface area contributed by atoms with Crippen LogP contribution in [0.2, 0.25) is 0 Å². The first-order valence-electron chi connectivity index (χ1n) is 7.84. The Morgan fingerprint density at radius 1 is 0.960 bits per heavy atom. The minimum atomic E-state index is -0.237. The molecule has 0 fully saturated rings. The molecule has 1 N–H and O–H groups in total. The Morgan fingerprint density at radius 2 is 1.68 bits per heavy atom. The van der Waals surface area contributed by atoms with E-state index in [-0.39, 0.29) is 5.91 Å². The molecular formula is C20H23NO4. The zero-order valence-electron chi connectivity index (χ0n) is 15.2. The van der Waals surface area contributed by atoms with E-state index < -0.39 is 0 Å². The number of hydrogen-bond donors (Lipinski definition) is 1. The molecule has 0 aliphatic heterocycles. The number of methoxy groups -OCH3 is 3. The van der Waals surface area contributed by atoms with Crippen molar-refractivity contribution >= 4 is 17.2 Å². The predicted octanol–water partition coefficient (Wildman–Crippen LogP) is 4.06. The van der Waals surface area contributed by atoms with Crippen molar-refractivity contribution in [2.45, 2.75) is 13.8 Å². The second-order valence-electron chi connectivity index (χ2n) is 5.59. The highest BCUT2D eigenvalue weighted by Gasteiger charge is 2.10. The summed E-state index contributed by atoms with van der Waals surface area (Å²) in [7, 11) is 4.76. The maximum atomic E-state index is 12.4. The first-order valence-corrected chi connectivity index (χ1v) is 7.84. The van der Waals surface area contributed by atoms with Crippen molar-refractivity contribution in [2.75, 3.05) is 26.6 Å². The molecule has 25 heavy (non-hydrogen) atoms. The highest BCUT2D eigenvalue weighted by Crippen LogP contribution is 2.30. The van der Waals surface area contributed by atoms with Gasteiger partial charge in [-0.2, -0.15) is 0 Å². The number of amides is 1. The standard InChI is InChI=1S/C20H23NO4/c1-13-6-9-18(24-4)17(10-13)21-20(22)11-14(2)16-8-7-15(23-3)12-19(16)25-5/h6-12H,1-5H3,(H,21,22)/b14-11+. The first kappa shape index (κ1) is 18.4.